The third-order valence-electron chi connectivity index (χ3n) is 3.44. The first-order valence-electron chi connectivity index (χ1n) is 7.16. The summed E-state index contributed by atoms with van der Waals surface area (Å²) in [6, 6.07) is 1.58. The molecule has 2 aromatic heterocycles. The molecule has 0 aliphatic heterocycles. The quantitative estimate of drug-likeness (QED) is 0.699. The van der Waals surface area contributed by atoms with Gasteiger partial charge in [0.1, 0.15) is 0 Å². The van der Waals surface area contributed by atoms with Gasteiger partial charge >= 0.3 is 0 Å². The van der Waals surface area contributed by atoms with E-state index in [1.165, 1.54) is 16.0 Å². The molecule has 2 aliphatic rings. The molecule has 2 atom stereocenters. The molecule has 0 spiro atoms. The number of hydrogen-bond acceptors (Lipinski definition) is 5. The fourth-order valence-corrected chi connectivity index (χ4v) is 8.56. The molecular formula is C12H16N4O2P2S2. The lowest BCUT2D eigenvalue weighted by Crippen LogP contribution is -2.18. The van der Waals surface area contributed by atoms with Gasteiger partial charge in [-0.2, -0.15) is 8.94 Å². The Kier molecular flexibility index (Phi) is 4.07. The van der Waals surface area contributed by atoms with Crippen molar-refractivity contribution in [3.8, 4) is 5.13 Å². The first kappa shape index (κ1) is 15.2. The maximum atomic E-state index is 12.9. The van der Waals surface area contributed by atoms with Gasteiger partial charge in [0, 0.05) is 17.8 Å². The summed E-state index contributed by atoms with van der Waals surface area (Å²) < 4.78 is 29.0. The van der Waals surface area contributed by atoms with E-state index < -0.39 is 10.0 Å². The monoisotopic (exact) mass is 374 g/mol. The molecule has 22 heavy (non-hydrogen) atoms. The zero-order valence-electron chi connectivity index (χ0n) is 11.7. The molecule has 4 rings (SSSR count). The van der Waals surface area contributed by atoms with Crippen molar-refractivity contribution in [2.24, 2.45) is 0 Å². The van der Waals surface area contributed by atoms with Crippen LogP contribution >= 0.6 is 28.8 Å². The number of hydrogen-bond donors (Lipinski definition) is 0. The van der Waals surface area contributed by atoms with Crippen LogP contribution in [-0.4, -0.2) is 38.3 Å². The van der Waals surface area contributed by atoms with Crippen molar-refractivity contribution >= 4 is 38.8 Å². The van der Waals surface area contributed by atoms with Crippen LogP contribution in [0.2, 0.25) is 0 Å². The van der Waals surface area contributed by atoms with Gasteiger partial charge in [-0.25, -0.2) is 18.1 Å². The minimum absolute atomic E-state index is 0.143. The second-order valence-electron chi connectivity index (χ2n) is 5.49. The SMILES string of the molecule is O=S(=O)(c1ccn(-c2nccs2)n1)N(PC1CC1)PC1CC1. The first-order valence-corrected chi connectivity index (χ1v) is 11.5. The van der Waals surface area contributed by atoms with Gasteiger partial charge in [-0.05, 0) is 60.5 Å². The van der Waals surface area contributed by atoms with E-state index in [-0.39, 0.29) is 5.03 Å². The molecule has 0 saturated heterocycles. The summed E-state index contributed by atoms with van der Waals surface area (Å²) in [6.07, 6.45) is 8.00. The minimum Gasteiger partial charge on any atom is -0.227 e. The predicted octanol–water partition coefficient (Wildman–Crippen LogP) is 2.83. The van der Waals surface area contributed by atoms with E-state index in [0.717, 1.165) is 25.7 Å². The van der Waals surface area contributed by atoms with Gasteiger partial charge in [-0.15, -0.1) is 11.3 Å². The molecule has 0 amide bonds. The van der Waals surface area contributed by atoms with Crippen molar-refractivity contribution in [1.82, 2.24) is 18.6 Å². The van der Waals surface area contributed by atoms with E-state index in [2.05, 4.69) is 10.1 Å². The van der Waals surface area contributed by atoms with Gasteiger partial charge in [0.2, 0.25) is 5.13 Å². The highest BCUT2D eigenvalue weighted by atomic mass is 32.2. The molecule has 0 radical (unpaired) electrons. The maximum absolute atomic E-state index is 12.9. The fourth-order valence-electron chi connectivity index (χ4n) is 1.91. The van der Waals surface area contributed by atoms with Crippen LogP contribution in [0, 0.1) is 0 Å². The third-order valence-corrected chi connectivity index (χ3v) is 10.6. The Bertz CT molecular complexity index is 740. The van der Waals surface area contributed by atoms with E-state index >= 15 is 0 Å². The van der Waals surface area contributed by atoms with Crippen molar-refractivity contribution in [1.29, 1.82) is 0 Å². The lowest BCUT2D eigenvalue weighted by molar-refractivity contribution is 0.574. The van der Waals surface area contributed by atoms with Gasteiger partial charge < -0.3 is 0 Å². The number of sulfonamides is 1. The van der Waals surface area contributed by atoms with E-state index in [4.69, 9.17) is 0 Å². The molecule has 2 aliphatic carbocycles. The molecular weight excluding hydrogens is 358 g/mol. The normalized spacial score (nSPS) is 20.0. The van der Waals surface area contributed by atoms with Crippen LogP contribution in [0.5, 0.6) is 0 Å². The summed E-state index contributed by atoms with van der Waals surface area (Å²) >= 11 is 1.43. The number of nitrogens with zero attached hydrogens (tertiary/aromatic N) is 4. The average Bonchev–Trinajstić information content (AvgIpc) is 3.37. The van der Waals surface area contributed by atoms with Gasteiger partial charge in [0.15, 0.2) is 5.03 Å². The van der Waals surface area contributed by atoms with E-state index in [0.29, 0.717) is 33.9 Å². The van der Waals surface area contributed by atoms with Crippen LogP contribution in [-0.2, 0) is 10.0 Å². The Balaban J connectivity index is 1.59. The Morgan fingerprint density at radius 3 is 2.45 bits per heavy atom. The van der Waals surface area contributed by atoms with Crippen LogP contribution in [0.3, 0.4) is 0 Å². The largest absolute Gasteiger partial charge is 0.268 e. The molecule has 2 heterocycles. The molecule has 0 aromatic carbocycles. The predicted molar refractivity (Wildman–Crippen MR) is 90.9 cm³/mol. The first-order chi connectivity index (χ1) is 10.6. The van der Waals surface area contributed by atoms with E-state index in [9.17, 15) is 8.42 Å². The Morgan fingerprint density at radius 1 is 1.23 bits per heavy atom. The van der Waals surface area contributed by atoms with Crippen molar-refractivity contribution < 1.29 is 8.42 Å². The van der Waals surface area contributed by atoms with Crippen LogP contribution in [0.4, 0.5) is 0 Å². The van der Waals surface area contributed by atoms with Crippen LogP contribution in [0.1, 0.15) is 25.7 Å². The second kappa shape index (κ2) is 5.91. The Morgan fingerprint density at radius 2 is 1.91 bits per heavy atom. The highest BCUT2D eigenvalue weighted by Gasteiger charge is 2.37. The van der Waals surface area contributed by atoms with E-state index in [1.54, 1.807) is 22.3 Å². The van der Waals surface area contributed by atoms with Crippen LogP contribution in [0.15, 0.2) is 28.9 Å². The molecule has 2 saturated carbocycles. The van der Waals surface area contributed by atoms with Gasteiger partial charge in [-0.1, -0.05) is 0 Å². The van der Waals surface area contributed by atoms with Crippen molar-refractivity contribution in [3.05, 3.63) is 23.8 Å². The lowest BCUT2D eigenvalue weighted by atomic mass is 10.7. The Hall–Kier alpha value is -0.390. The minimum atomic E-state index is -3.48. The second-order valence-corrected chi connectivity index (χ2v) is 12.2. The summed E-state index contributed by atoms with van der Waals surface area (Å²) in [5.74, 6) is 0. The summed E-state index contributed by atoms with van der Waals surface area (Å²) in [7, 11) is -2.72. The van der Waals surface area contributed by atoms with Gasteiger partial charge in [0.25, 0.3) is 10.0 Å². The number of thiazole rings is 1. The summed E-state index contributed by atoms with van der Waals surface area (Å²) in [5, 5.41) is 6.92. The van der Waals surface area contributed by atoms with Gasteiger partial charge in [0.05, 0.1) is 0 Å². The smallest absolute Gasteiger partial charge is 0.227 e. The zero-order valence-corrected chi connectivity index (χ0v) is 15.3. The van der Waals surface area contributed by atoms with Crippen molar-refractivity contribution in [3.63, 3.8) is 0 Å². The summed E-state index contributed by atoms with van der Waals surface area (Å²) in [4.78, 5) is 4.16. The summed E-state index contributed by atoms with van der Waals surface area (Å²) in [6.45, 7) is 0. The molecule has 0 bridgehead atoms. The van der Waals surface area contributed by atoms with Gasteiger partial charge in [-0.3, -0.25) is 0 Å². The highest BCUT2D eigenvalue weighted by Crippen LogP contribution is 2.54. The third kappa shape index (κ3) is 3.26. The molecule has 2 unspecified atom stereocenters. The lowest BCUT2D eigenvalue weighted by Gasteiger charge is -2.20. The topological polar surface area (TPSA) is 68.1 Å². The molecule has 0 N–H and O–H groups in total. The molecule has 6 nitrogen and oxygen atoms in total. The van der Waals surface area contributed by atoms with Crippen LogP contribution in [0.25, 0.3) is 5.13 Å². The fraction of sp³-hybridized carbons (Fsp3) is 0.500. The molecule has 10 heteroatoms. The van der Waals surface area contributed by atoms with Crippen molar-refractivity contribution in [2.75, 3.05) is 0 Å². The molecule has 2 aromatic rings. The van der Waals surface area contributed by atoms with Crippen molar-refractivity contribution in [2.45, 2.75) is 42.0 Å². The molecule has 118 valence electrons. The highest BCUT2D eigenvalue weighted by molar-refractivity contribution is 7.97. The standard InChI is InChI=1S/C12H16N4O2P2S2/c17-22(18,16(19-9-1-2-9)20-10-3-4-10)11-5-7-15(14-11)12-13-6-8-21-12/h5-10,19-20H,1-4H2. The average molecular weight is 374 g/mol. The van der Waals surface area contributed by atoms with Crippen LogP contribution < -0.4 is 0 Å². The number of aromatic nitrogens is 3. The van der Waals surface area contributed by atoms with E-state index in [1.807, 2.05) is 5.38 Å². The molecule has 2 fully saturated rings. The number of rotatable bonds is 7. The maximum Gasteiger partial charge on any atom is 0.268 e. The zero-order chi connectivity index (χ0) is 15.2. The Labute approximate surface area is 137 Å². The summed E-state index contributed by atoms with van der Waals surface area (Å²) in [5.41, 5.74) is 1.14.